The molecule has 43 heavy (non-hydrogen) atoms. The van der Waals surface area contributed by atoms with E-state index in [0.29, 0.717) is 16.5 Å². The molecule has 0 radical (unpaired) electrons. The fourth-order valence-electron chi connectivity index (χ4n) is 5.63. The first-order valence-corrected chi connectivity index (χ1v) is 14.4. The van der Waals surface area contributed by atoms with Crippen molar-refractivity contribution in [2.24, 2.45) is 0 Å². The summed E-state index contributed by atoms with van der Waals surface area (Å²) >= 11 is 5.91. The number of benzene rings is 3. The van der Waals surface area contributed by atoms with Crippen LogP contribution in [0.1, 0.15) is 34.7 Å². The number of hydrogen-bond acceptors (Lipinski definition) is 5. The number of para-hydroxylation sites is 3. The van der Waals surface area contributed by atoms with Gasteiger partial charge in [-0.3, -0.25) is 9.78 Å². The molecule has 0 saturated carbocycles. The van der Waals surface area contributed by atoms with Crippen molar-refractivity contribution in [2.75, 3.05) is 16.8 Å². The number of nitrogens with zero attached hydrogens (tertiary/aromatic N) is 3. The maximum Gasteiger partial charge on any atom is 0.262 e. The van der Waals surface area contributed by atoms with Gasteiger partial charge in [0.15, 0.2) is 11.7 Å². The lowest BCUT2D eigenvalue weighted by atomic mass is 9.96. The number of amides is 1. The Morgan fingerprint density at radius 3 is 2.42 bits per heavy atom. The SMILES string of the molecule is Cc1cc([C@H]2[C@@H](c3ccccn3)NC(=S)N2c2ccc(NC(=O)COc3ccccc3)cc2)c(C)n1-c1ccccc1O. The van der Waals surface area contributed by atoms with Gasteiger partial charge < -0.3 is 29.9 Å². The summed E-state index contributed by atoms with van der Waals surface area (Å²) in [5, 5.41) is 17.6. The summed E-state index contributed by atoms with van der Waals surface area (Å²) < 4.78 is 7.63. The van der Waals surface area contributed by atoms with E-state index >= 15 is 0 Å². The highest BCUT2D eigenvalue weighted by molar-refractivity contribution is 7.80. The number of pyridine rings is 1. The number of aromatic nitrogens is 2. The van der Waals surface area contributed by atoms with Crippen molar-refractivity contribution in [3.05, 3.63) is 132 Å². The molecule has 6 rings (SSSR count). The van der Waals surface area contributed by atoms with E-state index in [1.165, 1.54) is 0 Å². The van der Waals surface area contributed by atoms with Crippen molar-refractivity contribution in [3.8, 4) is 17.2 Å². The van der Waals surface area contributed by atoms with Crippen LogP contribution in [0.2, 0.25) is 0 Å². The van der Waals surface area contributed by atoms with Crippen LogP contribution in [0, 0.1) is 13.8 Å². The normalized spacial score (nSPS) is 16.1. The fourth-order valence-corrected chi connectivity index (χ4v) is 5.97. The number of phenols is 1. The third-order valence-corrected chi connectivity index (χ3v) is 7.87. The average molecular weight is 590 g/mol. The van der Waals surface area contributed by atoms with Gasteiger partial charge in [0, 0.05) is 29.0 Å². The zero-order valence-electron chi connectivity index (χ0n) is 23.8. The molecule has 2 atom stereocenters. The highest BCUT2D eigenvalue weighted by atomic mass is 32.1. The summed E-state index contributed by atoms with van der Waals surface area (Å²) in [6.45, 7) is 4.00. The molecule has 0 bridgehead atoms. The van der Waals surface area contributed by atoms with E-state index in [-0.39, 0.29) is 30.3 Å². The number of ether oxygens (including phenoxy) is 1. The Morgan fingerprint density at radius 2 is 1.70 bits per heavy atom. The van der Waals surface area contributed by atoms with E-state index in [0.717, 1.165) is 34.0 Å². The molecule has 1 aliphatic heterocycles. The largest absolute Gasteiger partial charge is 0.506 e. The van der Waals surface area contributed by atoms with Crippen LogP contribution in [0.4, 0.5) is 11.4 Å². The van der Waals surface area contributed by atoms with E-state index in [2.05, 4.69) is 38.1 Å². The van der Waals surface area contributed by atoms with Crippen molar-refractivity contribution in [1.29, 1.82) is 0 Å². The highest BCUT2D eigenvalue weighted by Crippen LogP contribution is 2.44. The number of aryl methyl sites for hydroxylation is 1. The van der Waals surface area contributed by atoms with Gasteiger partial charge in [-0.05, 0) is 98.4 Å². The molecule has 1 amide bonds. The number of thiocarbonyl (C=S) groups is 1. The number of carbonyl (C=O) groups excluding carboxylic acids is 1. The number of anilines is 2. The molecule has 216 valence electrons. The second-order valence-corrected chi connectivity index (χ2v) is 10.7. The number of aromatic hydroxyl groups is 1. The lowest BCUT2D eigenvalue weighted by Crippen LogP contribution is -2.29. The molecule has 9 heteroatoms. The van der Waals surface area contributed by atoms with Gasteiger partial charge in [0.1, 0.15) is 11.5 Å². The zero-order valence-corrected chi connectivity index (χ0v) is 24.6. The molecule has 3 heterocycles. The molecular weight excluding hydrogens is 558 g/mol. The van der Waals surface area contributed by atoms with E-state index in [9.17, 15) is 9.90 Å². The minimum absolute atomic E-state index is 0.0910. The van der Waals surface area contributed by atoms with Gasteiger partial charge in [-0.1, -0.05) is 36.4 Å². The maximum atomic E-state index is 12.5. The van der Waals surface area contributed by atoms with Gasteiger partial charge in [0.2, 0.25) is 0 Å². The van der Waals surface area contributed by atoms with Crippen LogP contribution in [0.15, 0.2) is 109 Å². The Balaban J connectivity index is 1.31. The summed E-state index contributed by atoms with van der Waals surface area (Å²) in [5.41, 5.74) is 6.14. The van der Waals surface area contributed by atoms with Gasteiger partial charge in [0.05, 0.1) is 23.5 Å². The summed E-state index contributed by atoms with van der Waals surface area (Å²) in [7, 11) is 0. The van der Waals surface area contributed by atoms with Crippen molar-refractivity contribution in [3.63, 3.8) is 0 Å². The van der Waals surface area contributed by atoms with Gasteiger partial charge in [0.25, 0.3) is 5.91 Å². The molecule has 3 aromatic carbocycles. The monoisotopic (exact) mass is 589 g/mol. The summed E-state index contributed by atoms with van der Waals surface area (Å²) in [6.07, 6.45) is 1.78. The molecule has 2 aromatic heterocycles. The van der Waals surface area contributed by atoms with E-state index in [4.69, 9.17) is 17.0 Å². The van der Waals surface area contributed by atoms with E-state index in [1.54, 1.807) is 12.3 Å². The first-order valence-electron chi connectivity index (χ1n) is 14.0. The van der Waals surface area contributed by atoms with Gasteiger partial charge in [-0.2, -0.15) is 0 Å². The Kier molecular flexibility index (Phi) is 7.81. The van der Waals surface area contributed by atoms with Crippen molar-refractivity contribution < 1.29 is 14.6 Å². The first-order chi connectivity index (χ1) is 20.9. The quantitative estimate of drug-likeness (QED) is 0.181. The molecular formula is C34H31N5O3S. The molecule has 1 fully saturated rings. The standard InChI is InChI=1S/C34H31N5O3S/c1-22-20-27(23(2)38(22)29-13-6-7-14-30(29)40)33-32(28-12-8-9-19-35-28)37-34(43)39(33)25-17-15-24(16-18-25)36-31(41)21-42-26-10-4-3-5-11-26/h3-20,32-33,40H,21H2,1-2H3,(H,36,41)(H,37,43)/t32-,33+/m1/s1. The number of rotatable bonds is 8. The molecule has 0 spiro atoms. The van der Waals surface area contributed by atoms with Crippen LogP contribution in [0.25, 0.3) is 5.69 Å². The number of carbonyl (C=O) groups is 1. The first kappa shape index (κ1) is 28.0. The molecule has 0 unspecified atom stereocenters. The number of hydrogen-bond donors (Lipinski definition) is 3. The van der Waals surface area contributed by atoms with Crippen molar-refractivity contribution in [1.82, 2.24) is 14.9 Å². The van der Waals surface area contributed by atoms with E-state index in [1.807, 2.05) is 97.9 Å². The second-order valence-electron chi connectivity index (χ2n) is 10.3. The number of nitrogens with one attached hydrogen (secondary N) is 2. The lowest BCUT2D eigenvalue weighted by Gasteiger charge is -2.28. The Morgan fingerprint density at radius 1 is 0.977 bits per heavy atom. The van der Waals surface area contributed by atoms with Gasteiger partial charge in [-0.15, -0.1) is 0 Å². The molecule has 1 saturated heterocycles. The minimum atomic E-state index is -0.250. The predicted molar refractivity (Wildman–Crippen MR) is 172 cm³/mol. The molecule has 0 aliphatic carbocycles. The van der Waals surface area contributed by atoms with Crippen LogP contribution in [0.5, 0.6) is 11.5 Å². The smallest absolute Gasteiger partial charge is 0.262 e. The summed E-state index contributed by atoms with van der Waals surface area (Å²) in [5.74, 6) is 0.596. The Labute approximate surface area is 255 Å². The fraction of sp³-hybridized carbons (Fsp3) is 0.147. The van der Waals surface area contributed by atoms with Crippen LogP contribution in [-0.2, 0) is 4.79 Å². The Bertz CT molecular complexity index is 1760. The molecule has 3 N–H and O–H groups in total. The summed E-state index contributed by atoms with van der Waals surface area (Å²) in [6, 6.07) is 31.7. The lowest BCUT2D eigenvalue weighted by molar-refractivity contribution is -0.118. The van der Waals surface area contributed by atoms with Crippen LogP contribution in [0.3, 0.4) is 0 Å². The summed E-state index contributed by atoms with van der Waals surface area (Å²) in [4.78, 5) is 19.3. The topological polar surface area (TPSA) is 91.7 Å². The van der Waals surface area contributed by atoms with Crippen molar-refractivity contribution in [2.45, 2.75) is 25.9 Å². The Hall–Kier alpha value is -5.15. The van der Waals surface area contributed by atoms with Crippen LogP contribution < -0.4 is 20.3 Å². The predicted octanol–water partition coefficient (Wildman–Crippen LogP) is 6.39. The van der Waals surface area contributed by atoms with Gasteiger partial charge in [-0.25, -0.2) is 0 Å². The van der Waals surface area contributed by atoms with Crippen molar-refractivity contribution >= 4 is 34.6 Å². The number of phenolic OH excluding ortho intramolecular Hbond substituents is 1. The zero-order chi connectivity index (χ0) is 29.9. The van der Waals surface area contributed by atoms with Crippen LogP contribution >= 0.6 is 12.2 Å². The van der Waals surface area contributed by atoms with Gasteiger partial charge >= 0.3 is 0 Å². The molecule has 5 aromatic rings. The average Bonchev–Trinajstić information content (AvgIpc) is 3.52. The maximum absolute atomic E-state index is 12.5. The second kappa shape index (κ2) is 12.0. The molecule has 1 aliphatic rings. The minimum Gasteiger partial charge on any atom is -0.506 e. The molecule has 8 nitrogen and oxygen atoms in total. The highest BCUT2D eigenvalue weighted by Gasteiger charge is 2.42. The third kappa shape index (κ3) is 5.67. The van der Waals surface area contributed by atoms with Crippen LogP contribution in [-0.4, -0.2) is 32.3 Å². The van der Waals surface area contributed by atoms with E-state index < -0.39 is 0 Å². The third-order valence-electron chi connectivity index (χ3n) is 7.55.